The first-order valence-electron chi connectivity index (χ1n) is 9.81. The summed E-state index contributed by atoms with van der Waals surface area (Å²) in [4.78, 5) is 20.4. The zero-order valence-corrected chi connectivity index (χ0v) is 12.7. The molecule has 0 aromatic heterocycles. The van der Waals surface area contributed by atoms with Crippen LogP contribution in [0.1, 0.15) is 56.8 Å². The topological polar surface area (TPSA) is 54.4 Å². The van der Waals surface area contributed by atoms with E-state index < -0.39 is 5.97 Å². The second kappa shape index (κ2) is 17.1. The molecule has 0 rings (SSSR count). The molecule has 0 atom stereocenters. The number of carboxylic acid groups (broad SMARTS) is 1. The van der Waals surface area contributed by atoms with E-state index in [0.717, 1.165) is 6.42 Å². The smallest absolute Gasteiger partial charge is 0.303 e. The summed E-state index contributed by atoms with van der Waals surface area (Å²) in [5, 5.41) is 8.22. The molecule has 20 heavy (non-hydrogen) atoms. The number of aliphatic carboxylic acids is 1. The summed E-state index contributed by atoms with van der Waals surface area (Å²) >= 11 is 0. The highest BCUT2D eigenvalue weighted by molar-refractivity contribution is 5.75. The Kier molecular flexibility index (Phi) is 12.4. The average Bonchev–Trinajstić information content (AvgIpc) is 2.66. The van der Waals surface area contributed by atoms with Gasteiger partial charge in [0.2, 0.25) is 0 Å². The Morgan fingerprint density at radius 2 is 1.40 bits per heavy atom. The molecular formula is C17H34O3. The van der Waals surface area contributed by atoms with Gasteiger partial charge in [-0.25, -0.2) is 0 Å². The Balaban J connectivity index is -0.0000000619. The Morgan fingerprint density at radius 1 is 0.950 bits per heavy atom. The summed E-state index contributed by atoms with van der Waals surface area (Å²) in [6.07, 6.45) is 17.7. The van der Waals surface area contributed by atoms with Crippen molar-refractivity contribution in [1.82, 2.24) is 0 Å². The lowest BCUT2D eigenvalue weighted by molar-refractivity contribution is -0.136. The zero-order chi connectivity index (χ0) is 21.6. The molecule has 120 valence electrons. The molecular weight excluding hydrogens is 252 g/mol. The fraction of sp³-hybridized carbons (Fsp3) is 0.412. The van der Waals surface area contributed by atoms with Gasteiger partial charge in [-0.05, 0) is 33.6 Å². The van der Waals surface area contributed by atoms with Crippen molar-refractivity contribution in [3.8, 4) is 0 Å². The van der Waals surface area contributed by atoms with E-state index in [9.17, 15) is 9.59 Å². The van der Waals surface area contributed by atoms with Gasteiger partial charge in [0.15, 0.2) is 0 Å². The largest absolute Gasteiger partial charge is 0.481 e. The van der Waals surface area contributed by atoms with E-state index >= 15 is 0 Å². The molecule has 0 aliphatic heterocycles. The number of hydrogen-bond donors (Lipinski definition) is 1. The van der Waals surface area contributed by atoms with Crippen molar-refractivity contribution >= 4 is 11.8 Å². The number of carboxylic acids is 1. The minimum Gasteiger partial charge on any atom is -0.481 e. The van der Waals surface area contributed by atoms with Crippen molar-refractivity contribution in [1.29, 1.82) is 0 Å². The Hall–Kier alpha value is -1.90. The van der Waals surface area contributed by atoms with Gasteiger partial charge < -0.3 is 9.90 Å². The van der Waals surface area contributed by atoms with Crippen molar-refractivity contribution < 1.29 is 25.0 Å². The van der Waals surface area contributed by atoms with Gasteiger partial charge in [-0.3, -0.25) is 4.79 Å². The maximum atomic E-state index is 10.4. The molecule has 3 nitrogen and oxygen atoms in total. The van der Waals surface area contributed by atoms with Crippen molar-refractivity contribution in [2.45, 2.75) is 46.5 Å². The fourth-order valence-corrected chi connectivity index (χ4v) is 1.07. The minimum atomic E-state index is -0.745. The molecule has 0 unspecified atom stereocenters. The molecule has 0 spiro atoms. The second-order valence-electron chi connectivity index (χ2n) is 4.08. The second-order valence-corrected chi connectivity index (χ2v) is 4.08. The fourth-order valence-electron chi connectivity index (χ4n) is 1.07. The molecule has 1 N–H and O–H groups in total. The van der Waals surface area contributed by atoms with Gasteiger partial charge in [0.1, 0.15) is 5.78 Å². The molecule has 0 radical (unpaired) electrons. The van der Waals surface area contributed by atoms with E-state index in [1.165, 1.54) is 0 Å². The summed E-state index contributed by atoms with van der Waals surface area (Å²) in [6, 6.07) is 0. The van der Waals surface area contributed by atoms with E-state index in [1.807, 2.05) is 62.5 Å². The number of Topliss-reactive ketones (excluding diaryl/α,β-unsaturated/α-hetero) is 1. The Morgan fingerprint density at radius 3 is 1.75 bits per heavy atom. The lowest BCUT2D eigenvalue weighted by Gasteiger charge is -1.85. The van der Waals surface area contributed by atoms with Gasteiger partial charge in [0.25, 0.3) is 0 Å². The van der Waals surface area contributed by atoms with Crippen LogP contribution in [0.15, 0.2) is 48.6 Å². The van der Waals surface area contributed by atoms with Crippen LogP contribution in [0.2, 0.25) is 0 Å². The molecule has 0 amide bonds. The van der Waals surface area contributed by atoms with Crippen LogP contribution in [0.5, 0.6) is 0 Å². The zero-order valence-electron chi connectivity index (χ0n) is 18.7. The van der Waals surface area contributed by atoms with Crippen LogP contribution < -0.4 is 0 Å². The maximum absolute atomic E-state index is 10.4. The minimum absolute atomic E-state index is 0. The van der Waals surface area contributed by atoms with Crippen LogP contribution in [0.3, 0.4) is 0 Å². The number of carbonyl (C=O) groups is 2. The van der Waals surface area contributed by atoms with Gasteiger partial charge in [0, 0.05) is 23.2 Å². The maximum Gasteiger partial charge on any atom is 0.303 e. The van der Waals surface area contributed by atoms with Gasteiger partial charge in [-0.1, -0.05) is 48.6 Å². The average molecular weight is 293 g/mol. The van der Waals surface area contributed by atoms with Gasteiger partial charge in [-0.15, -0.1) is 0 Å². The summed E-state index contributed by atoms with van der Waals surface area (Å²) < 4.78 is 30.0. The monoisotopic (exact) mass is 293 g/mol. The van der Waals surface area contributed by atoms with Gasteiger partial charge in [0.05, 0.1) is 0 Å². The van der Waals surface area contributed by atoms with Crippen molar-refractivity contribution in [2.75, 3.05) is 0 Å². The molecule has 0 aromatic carbocycles. The van der Waals surface area contributed by atoms with E-state index in [1.54, 1.807) is 6.92 Å². The Labute approximate surface area is 133 Å². The number of rotatable bonds is 8. The molecule has 0 aromatic rings. The van der Waals surface area contributed by atoms with E-state index in [-0.39, 0.29) is 13.6 Å². The lowest BCUT2D eigenvalue weighted by atomic mass is 10.2. The van der Waals surface area contributed by atoms with Crippen LogP contribution >= 0.6 is 0 Å². The first kappa shape index (κ1) is 14.5. The van der Waals surface area contributed by atoms with Crippen molar-refractivity contribution in [2.24, 2.45) is 0 Å². The summed E-state index contributed by atoms with van der Waals surface area (Å²) in [7, 11) is 0. The van der Waals surface area contributed by atoms with Crippen LogP contribution in [-0.4, -0.2) is 16.9 Å². The van der Waals surface area contributed by atoms with Crippen molar-refractivity contribution in [3.05, 3.63) is 48.6 Å². The third-order valence-electron chi connectivity index (χ3n) is 2.07. The first-order valence-corrected chi connectivity index (χ1v) is 6.81. The molecule has 0 saturated carbocycles. The highest BCUT2D eigenvalue weighted by Gasteiger charge is 1.90. The molecule has 0 aliphatic carbocycles. The summed E-state index contributed by atoms with van der Waals surface area (Å²) in [5.41, 5.74) is 0. The first-order chi connectivity index (χ1) is 12.5. The number of hydrogen-bond acceptors (Lipinski definition) is 2. The predicted molar refractivity (Wildman–Crippen MR) is 93.1 cm³/mol. The summed E-state index contributed by atoms with van der Waals surface area (Å²) in [6.45, 7) is 5.50. The van der Waals surface area contributed by atoms with E-state index in [2.05, 4.69) is 0 Å². The quantitative estimate of drug-likeness (QED) is 0.605. The standard InChI is InChI=1S/C9H14O.C8H12O2.4H2/c1-3-4-5-6-7-8-9(2)10;1-2-3-4-5-6-7-8(9)10;;;;/h3-6H,7-8H2,1-2H3;2-5H,6-7H2,1H3,(H,9,10);4*1H/b4-3+,6-5-;3-2+,5-4-;;;;/i;;3*1+1D;1+1. The molecule has 0 heterocycles. The predicted octanol–water partition coefficient (Wildman–Crippen LogP) is 5.46. The van der Waals surface area contributed by atoms with Crippen LogP contribution in [-0.2, 0) is 9.59 Å². The molecule has 0 fully saturated rings. The van der Waals surface area contributed by atoms with Gasteiger partial charge in [-0.2, -0.15) is 0 Å². The highest BCUT2D eigenvalue weighted by Crippen LogP contribution is 1.92. The van der Waals surface area contributed by atoms with Crippen LogP contribution in [0.25, 0.3) is 0 Å². The lowest BCUT2D eigenvalue weighted by Crippen LogP contribution is -1.91. The molecule has 0 aliphatic rings. The molecule has 3 heteroatoms. The van der Waals surface area contributed by atoms with E-state index in [0.29, 0.717) is 12.8 Å². The van der Waals surface area contributed by atoms with Gasteiger partial charge >= 0.3 is 5.97 Å². The van der Waals surface area contributed by atoms with Crippen LogP contribution in [0, 0.1) is 0 Å². The SMILES string of the molecule is C/C=C/C=C\CCC(=O)O.C/C=C/C=C\CCC(C)=O.[2HH].[2H][2H].[2H][2H].[2H][2H]. The van der Waals surface area contributed by atoms with Crippen molar-refractivity contribution in [3.63, 3.8) is 0 Å². The highest BCUT2D eigenvalue weighted by atomic mass is 16.4. The third-order valence-corrected chi connectivity index (χ3v) is 2.07. The summed E-state index contributed by atoms with van der Waals surface area (Å²) in [5.74, 6) is -0.491. The third kappa shape index (κ3) is 25.1. The van der Waals surface area contributed by atoms with Crippen LogP contribution in [0.4, 0.5) is 0 Å². The molecule has 0 saturated heterocycles. The number of ketones is 1. The Bertz CT molecular complexity index is 347. The van der Waals surface area contributed by atoms with E-state index in [4.69, 9.17) is 14.0 Å². The normalized spacial score (nSPS) is 12.6. The number of carbonyl (C=O) groups excluding carboxylic acids is 1. The molecule has 0 bridgehead atoms. The number of allylic oxidation sites excluding steroid dienone is 8.